The lowest BCUT2D eigenvalue weighted by molar-refractivity contribution is 0.102. The maximum atomic E-state index is 12.5. The van der Waals surface area contributed by atoms with Crippen LogP contribution in [0.5, 0.6) is 0 Å². The van der Waals surface area contributed by atoms with Gasteiger partial charge < -0.3 is 21.7 Å². The lowest BCUT2D eigenvalue weighted by Crippen LogP contribution is -2.32. The van der Waals surface area contributed by atoms with Crippen molar-refractivity contribution >= 4 is 40.6 Å². The Morgan fingerprint density at radius 1 is 1.20 bits per heavy atom. The number of nitrogens with two attached hydrogens (primary N) is 2. The molecular weight excluding hydrogens is 348 g/mol. The molecule has 0 saturated carbocycles. The third-order valence-electron chi connectivity index (χ3n) is 3.85. The van der Waals surface area contributed by atoms with Gasteiger partial charge in [-0.3, -0.25) is 9.78 Å². The van der Waals surface area contributed by atoms with Crippen LogP contribution in [-0.4, -0.2) is 38.9 Å². The van der Waals surface area contributed by atoms with Gasteiger partial charge in [-0.25, -0.2) is 14.8 Å². The predicted octanol–water partition coefficient (Wildman–Crippen LogP) is 0.620. The molecule has 1 aliphatic heterocycles. The molecule has 3 heterocycles. The van der Waals surface area contributed by atoms with Crippen LogP contribution in [0.15, 0.2) is 11.0 Å². The molecule has 0 unspecified atom stereocenters. The van der Waals surface area contributed by atoms with Gasteiger partial charge in [0, 0.05) is 13.1 Å². The van der Waals surface area contributed by atoms with Gasteiger partial charge in [0.2, 0.25) is 0 Å². The molecule has 132 valence electrons. The molecule has 11 heteroatoms. The zero-order valence-electron chi connectivity index (χ0n) is 13.3. The number of aromatic amines is 1. The minimum atomic E-state index is -0.660. The maximum Gasteiger partial charge on any atom is 0.346 e. The topological polar surface area (TPSA) is 156 Å². The number of hydrogen-bond acceptors (Lipinski definition) is 8. The van der Waals surface area contributed by atoms with Crippen molar-refractivity contribution in [3.63, 3.8) is 0 Å². The molecule has 0 aliphatic carbocycles. The summed E-state index contributed by atoms with van der Waals surface area (Å²) in [4.78, 5) is 40.0. The number of H-pyrrole nitrogens is 1. The van der Waals surface area contributed by atoms with Gasteiger partial charge in [-0.15, -0.1) is 0 Å². The van der Waals surface area contributed by atoms with Gasteiger partial charge in [0.05, 0.1) is 11.9 Å². The van der Waals surface area contributed by atoms with Gasteiger partial charge in [-0.05, 0) is 19.3 Å². The van der Waals surface area contributed by atoms with E-state index in [0.717, 1.165) is 32.4 Å². The highest BCUT2D eigenvalue weighted by Gasteiger charge is 2.21. The van der Waals surface area contributed by atoms with Crippen LogP contribution in [-0.2, 0) is 0 Å². The lowest BCUT2D eigenvalue weighted by atomic mass is 10.1. The molecule has 0 atom stereocenters. The molecule has 0 radical (unpaired) electrons. The first-order valence-corrected chi connectivity index (χ1v) is 8.07. The number of halogens is 1. The standard InChI is InChI=1S/C14H17ClN8O2/c15-9-11(17)20-10(16)8(19-9)13(24)21-12-7(6-18-14(25)22-12)23-4-2-1-3-5-23/h6H,1-5H2,(H4,16,17,20)(H2,18,21,22,24,25). The van der Waals surface area contributed by atoms with Gasteiger partial charge in [0.25, 0.3) is 5.91 Å². The van der Waals surface area contributed by atoms with E-state index in [2.05, 4.69) is 25.3 Å². The SMILES string of the molecule is Nc1nc(N)c(C(=O)Nc2[nH]c(=O)ncc2N2CCCCC2)nc1Cl. The molecule has 3 rings (SSSR count). The van der Waals surface area contributed by atoms with Gasteiger partial charge >= 0.3 is 5.69 Å². The highest BCUT2D eigenvalue weighted by molar-refractivity contribution is 6.31. The van der Waals surface area contributed by atoms with Gasteiger partial charge in [0.15, 0.2) is 22.5 Å². The van der Waals surface area contributed by atoms with Crippen molar-refractivity contribution in [2.45, 2.75) is 19.3 Å². The molecule has 1 amide bonds. The molecule has 6 N–H and O–H groups in total. The van der Waals surface area contributed by atoms with E-state index in [4.69, 9.17) is 23.1 Å². The number of carbonyl (C=O) groups excluding carboxylic acids is 1. The quantitative estimate of drug-likeness (QED) is 0.617. The fourth-order valence-corrected chi connectivity index (χ4v) is 2.77. The van der Waals surface area contributed by atoms with Crippen molar-refractivity contribution in [3.8, 4) is 0 Å². The van der Waals surface area contributed by atoms with Crippen molar-refractivity contribution in [2.75, 3.05) is 34.8 Å². The van der Waals surface area contributed by atoms with Crippen LogP contribution in [0, 0.1) is 0 Å². The Labute approximate surface area is 147 Å². The van der Waals surface area contributed by atoms with E-state index in [1.54, 1.807) is 0 Å². The third kappa shape index (κ3) is 3.63. The van der Waals surface area contributed by atoms with E-state index in [1.807, 2.05) is 4.90 Å². The second-order valence-electron chi connectivity index (χ2n) is 5.58. The number of anilines is 4. The zero-order chi connectivity index (χ0) is 18.0. The Balaban J connectivity index is 1.92. The summed E-state index contributed by atoms with van der Waals surface area (Å²) in [5.74, 6) is -0.662. The minimum Gasteiger partial charge on any atom is -0.382 e. The van der Waals surface area contributed by atoms with Crippen LogP contribution in [0.1, 0.15) is 29.8 Å². The van der Waals surface area contributed by atoms with Gasteiger partial charge in [-0.2, -0.15) is 4.98 Å². The van der Waals surface area contributed by atoms with Crippen molar-refractivity contribution < 1.29 is 4.79 Å². The molecule has 0 aromatic carbocycles. The Kier molecular flexibility index (Phi) is 4.70. The molecule has 1 aliphatic rings. The molecule has 10 nitrogen and oxygen atoms in total. The average molecular weight is 365 g/mol. The molecule has 1 fully saturated rings. The summed E-state index contributed by atoms with van der Waals surface area (Å²) in [6.45, 7) is 1.62. The summed E-state index contributed by atoms with van der Waals surface area (Å²) in [6, 6.07) is 0. The fraction of sp³-hybridized carbons (Fsp3) is 0.357. The van der Waals surface area contributed by atoms with Crippen molar-refractivity contribution in [3.05, 3.63) is 27.5 Å². The molecule has 25 heavy (non-hydrogen) atoms. The number of carbonyl (C=O) groups is 1. The summed E-state index contributed by atoms with van der Waals surface area (Å²) in [7, 11) is 0. The number of nitrogens with zero attached hydrogens (tertiary/aromatic N) is 4. The number of nitrogens with one attached hydrogen (secondary N) is 2. The van der Waals surface area contributed by atoms with E-state index in [0.29, 0.717) is 5.69 Å². The van der Waals surface area contributed by atoms with Gasteiger partial charge in [-0.1, -0.05) is 11.6 Å². The highest BCUT2D eigenvalue weighted by atomic mass is 35.5. The first kappa shape index (κ1) is 17.0. The molecule has 2 aromatic heterocycles. The molecule has 1 saturated heterocycles. The fourth-order valence-electron chi connectivity index (χ4n) is 2.64. The summed E-state index contributed by atoms with van der Waals surface area (Å²) >= 11 is 5.80. The van der Waals surface area contributed by atoms with Crippen LogP contribution in [0.4, 0.5) is 23.1 Å². The van der Waals surface area contributed by atoms with E-state index in [9.17, 15) is 9.59 Å². The number of piperidine rings is 1. The number of aromatic nitrogens is 4. The highest BCUT2D eigenvalue weighted by Crippen LogP contribution is 2.26. The Morgan fingerprint density at radius 3 is 2.64 bits per heavy atom. The summed E-state index contributed by atoms with van der Waals surface area (Å²) < 4.78 is 0. The van der Waals surface area contributed by atoms with Crippen molar-refractivity contribution in [1.82, 2.24) is 19.9 Å². The summed E-state index contributed by atoms with van der Waals surface area (Å²) in [5, 5.41) is 2.47. The van der Waals surface area contributed by atoms with Crippen LogP contribution >= 0.6 is 11.6 Å². The molecule has 2 aromatic rings. The second kappa shape index (κ2) is 6.93. The number of nitrogen functional groups attached to an aromatic ring is 2. The van der Waals surface area contributed by atoms with Crippen LogP contribution in [0.25, 0.3) is 0 Å². The summed E-state index contributed by atoms with van der Waals surface area (Å²) in [5.41, 5.74) is 11.1. The molecule has 0 spiro atoms. The first-order chi connectivity index (χ1) is 12.0. The predicted molar refractivity (Wildman–Crippen MR) is 94.7 cm³/mol. The van der Waals surface area contributed by atoms with E-state index >= 15 is 0 Å². The normalized spacial score (nSPS) is 14.4. The number of amides is 1. The summed E-state index contributed by atoms with van der Waals surface area (Å²) in [6.07, 6.45) is 4.63. The molecule has 0 bridgehead atoms. The largest absolute Gasteiger partial charge is 0.382 e. The second-order valence-corrected chi connectivity index (χ2v) is 5.94. The Hall–Kier alpha value is -2.88. The first-order valence-electron chi connectivity index (χ1n) is 7.70. The minimum absolute atomic E-state index is 0.0676. The Morgan fingerprint density at radius 2 is 1.92 bits per heavy atom. The lowest BCUT2D eigenvalue weighted by Gasteiger charge is -2.29. The van der Waals surface area contributed by atoms with E-state index in [1.165, 1.54) is 6.20 Å². The van der Waals surface area contributed by atoms with Crippen molar-refractivity contribution in [1.29, 1.82) is 0 Å². The van der Waals surface area contributed by atoms with Crippen molar-refractivity contribution in [2.24, 2.45) is 0 Å². The smallest absolute Gasteiger partial charge is 0.346 e. The Bertz CT molecular complexity index is 862. The molecular formula is C14H17ClN8O2. The maximum absolute atomic E-state index is 12.5. The average Bonchev–Trinajstić information content (AvgIpc) is 2.59. The van der Waals surface area contributed by atoms with Gasteiger partial charge in [0.1, 0.15) is 5.82 Å². The van der Waals surface area contributed by atoms with Crippen LogP contribution in [0.3, 0.4) is 0 Å². The zero-order valence-corrected chi connectivity index (χ0v) is 14.0. The van der Waals surface area contributed by atoms with Crippen LogP contribution in [0.2, 0.25) is 5.15 Å². The number of hydrogen-bond donors (Lipinski definition) is 4. The van der Waals surface area contributed by atoms with E-state index in [-0.39, 0.29) is 28.3 Å². The third-order valence-corrected chi connectivity index (χ3v) is 4.13. The monoisotopic (exact) mass is 364 g/mol. The van der Waals surface area contributed by atoms with E-state index < -0.39 is 11.6 Å². The number of rotatable bonds is 3. The van der Waals surface area contributed by atoms with Crippen LogP contribution < -0.4 is 27.4 Å².